The summed E-state index contributed by atoms with van der Waals surface area (Å²) in [5, 5.41) is 11.4. The number of esters is 1. The Kier molecular flexibility index (Phi) is 4.93. The molecular formula is C16H13FN4O4. The highest BCUT2D eigenvalue weighted by Gasteiger charge is 2.14. The van der Waals surface area contributed by atoms with Crippen LogP contribution < -0.4 is 4.74 Å². The minimum atomic E-state index is -0.551. The third-order valence-corrected chi connectivity index (χ3v) is 3.11. The lowest BCUT2D eigenvalue weighted by atomic mass is 10.2. The van der Waals surface area contributed by atoms with E-state index in [9.17, 15) is 9.18 Å². The van der Waals surface area contributed by atoms with Crippen LogP contribution in [0.25, 0.3) is 11.4 Å². The second-order valence-corrected chi connectivity index (χ2v) is 4.82. The van der Waals surface area contributed by atoms with E-state index in [-0.39, 0.29) is 24.8 Å². The minimum absolute atomic E-state index is 0.0886. The van der Waals surface area contributed by atoms with Crippen LogP contribution in [0, 0.1) is 5.82 Å². The first-order valence-corrected chi connectivity index (χ1v) is 7.36. The average Bonchev–Trinajstić information content (AvgIpc) is 3.10. The highest BCUT2D eigenvalue weighted by molar-refractivity contribution is 5.86. The zero-order chi connectivity index (χ0) is 17.6. The van der Waals surface area contributed by atoms with E-state index < -0.39 is 11.8 Å². The summed E-state index contributed by atoms with van der Waals surface area (Å²) in [6.07, 6.45) is 2.50. The zero-order valence-electron chi connectivity index (χ0n) is 13.2. The van der Waals surface area contributed by atoms with Crippen molar-refractivity contribution in [2.45, 2.75) is 13.5 Å². The Morgan fingerprint density at radius 3 is 2.80 bits per heavy atom. The summed E-state index contributed by atoms with van der Waals surface area (Å²) in [7, 11) is 0. The van der Waals surface area contributed by atoms with Crippen LogP contribution >= 0.6 is 0 Å². The monoisotopic (exact) mass is 344 g/mol. The summed E-state index contributed by atoms with van der Waals surface area (Å²) in [6.45, 7) is 2.05. The molecule has 0 amide bonds. The van der Waals surface area contributed by atoms with Gasteiger partial charge < -0.3 is 14.0 Å². The van der Waals surface area contributed by atoms with E-state index >= 15 is 0 Å². The molecule has 3 aromatic heterocycles. The Bertz CT molecular complexity index is 849. The maximum atomic E-state index is 13.0. The van der Waals surface area contributed by atoms with Crippen LogP contribution in [0.4, 0.5) is 4.39 Å². The summed E-state index contributed by atoms with van der Waals surface area (Å²) in [6, 6.07) is 5.73. The number of carbonyl (C=O) groups excluding carboxylic acids is 1. The fraction of sp³-hybridized carbons (Fsp3) is 0.188. The first-order valence-electron chi connectivity index (χ1n) is 7.36. The van der Waals surface area contributed by atoms with Crippen LogP contribution in [-0.4, -0.2) is 32.9 Å². The molecular weight excluding hydrogens is 331 g/mol. The Labute approximate surface area is 141 Å². The molecule has 8 nitrogen and oxygen atoms in total. The Morgan fingerprint density at radius 2 is 2.12 bits per heavy atom. The smallest absolute Gasteiger partial charge is 0.358 e. The molecule has 0 aliphatic carbocycles. The molecule has 0 fully saturated rings. The van der Waals surface area contributed by atoms with E-state index in [1.165, 1.54) is 30.5 Å². The quantitative estimate of drug-likeness (QED) is 0.629. The van der Waals surface area contributed by atoms with Crippen LogP contribution in [0.2, 0.25) is 0 Å². The second-order valence-electron chi connectivity index (χ2n) is 4.82. The lowest BCUT2D eigenvalue weighted by molar-refractivity contribution is 0.0517. The van der Waals surface area contributed by atoms with Crippen LogP contribution in [0.15, 0.2) is 41.2 Å². The van der Waals surface area contributed by atoms with E-state index in [4.69, 9.17) is 14.0 Å². The molecule has 0 aliphatic heterocycles. The Hall–Kier alpha value is -3.36. The summed E-state index contributed by atoms with van der Waals surface area (Å²) < 4.78 is 28.2. The molecule has 0 unspecified atom stereocenters. The Balaban J connectivity index is 1.67. The topological polar surface area (TPSA) is 100 Å². The number of nitrogens with zero attached hydrogens (tertiary/aromatic N) is 4. The fourth-order valence-corrected chi connectivity index (χ4v) is 1.95. The van der Waals surface area contributed by atoms with Gasteiger partial charge in [-0.25, -0.2) is 9.18 Å². The number of rotatable bonds is 6. The van der Waals surface area contributed by atoms with Gasteiger partial charge >= 0.3 is 5.97 Å². The van der Waals surface area contributed by atoms with Crippen molar-refractivity contribution >= 4 is 5.97 Å². The maximum Gasteiger partial charge on any atom is 0.358 e. The highest BCUT2D eigenvalue weighted by Crippen LogP contribution is 2.21. The molecule has 9 heteroatoms. The SMILES string of the molecule is CCOC(=O)c1ccc(OCc2conc2-c2ccc(F)cn2)nn1. The number of carbonyl (C=O) groups is 1. The molecule has 128 valence electrons. The van der Waals surface area contributed by atoms with Gasteiger partial charge in [-0.05, 0) is 25.1 Å². The number of halogens is 1. The maximum absolute atomic E-state index is 13.0. The van der Waals surface area contributed by atoms with Gasteiger partial charge in [-0.1, -0.05) is 5.16 Å². The van der Waals surface area contributed by atoms with Gasteiger partial charge in [0.05, 0.1) is 24.1 Å². The molecule has 0 bridgehead atoms. The summed E-state index contributed by atoms with van der Waals surface area (Å²) in [5.74, 6) is -0.778. The molecule has 0 saturated carbocycles. The highest BCUT2D eigenvalue weighted by atomic mass is 19.1. The molecule has 0 N–H and O–H groups in total. The van der Waals surface area contributed by atoms with Crippen LogP contribution in [-0.2, 0) is 11.3 Å². The van der Waals surface area contributed by atoms with Gasteiger partial charge in [-0.15, -0.1) is 10.2 Å². The third-order valence-electron chi connectivity index (χ3n) is 3.11. The lowest BCUT2D eigenvalue weighted by Gasteiger charge is -2.05. The largest absolute Gasteiger partial charge is 0.472 e. The van der Waals surface area contributed by atoms with E-state index in [1.54, 1.807) is 6.92 Å². The second kappa shape index (κ2) is 7.47. The molecule has 0 aliphatic rings. The van der Waals surface area contributed by atoms with Crippen LogP contribution in [0.1, 0.15) is 23.0 Å². The average molecular weight is 344 g/mol. The van der Waals surface area contributed by atoms with Crippen molar-refractivity contribution in [2.24, 2.45) is 0 Å². The predicted molar refractivity (Wildman–Crippen MR) is 82.0 cm³/mol. The summed E-state index contributed by atoms with van der Waals surface area (Å²) in [5.41, 5.74) is 1.60. The van der Waals surface area contributed by atoms with Crippen molar-refractivity contribution in [1.29, 1.82) is 0 Å². The van der Waals surface area contributed by atoms with E-state index in [2.05, 4.69) is 20.3 Å². The molecule has 0 atom stereocenters. The number of aromatic nitrogens is 4. The van der Waals surface area contributed by atoms with Gasteiger partial charge in [0.15, 0.2) is 5.69 Å². The third kappa shape index (κ3) is 3.94. The van der Waals surface area contributed by atoms with Crippen molar-refractivity contribution < 1.29 is 23.2 Å². The fourth-order valence-electron chi connectivity index (χ4n) is 1.95. The molecule has 0 saturated heterocycles. The number of hydrogen-bond donors (Lipinski definition) is 0. The normalized spacial score (nSPS) is 10.5. The number of ether oxygens (including phenoxy) is 2. The van der Waals surface area contributed by atoms with Crippen molar-refractivity contribution in [1.82, 2.24) is 20.3 Å². The zero-order valence-corrected chi connectivity index (χ0v) is 13.2. The molecule has 25 heavy (non-hydrogen) atoms. The van der Waals surface area contributed by atoms with Gasteiger partial charge in [0.1, 0.15) is 24.4 Å². The molecule has 0 aromatic carbocycles. The molecule has 3 heterocycles. The van der Waals surface area contributed by atoms with Crippen molar-refractivity contribution in [3.8, 4) is 17.3 Å². The standard InChI is InChI=1S/C16H13FN4O4/c1-2-23-16(22)13-5-6-14(20-19-13)24-8-10-9-25-21-15(10)12-4-3-11(17)7-18-12/h3-7,9H,2,8H2,1H3. The molecule has 0 radical (unpaired) electrons. The van der Waals surface area contributed by atoms with E-state index in [0.717, 1.165) is 6.20 Å². The molecule has 3 rings (SSSR count). The minimum Gasteiger partial charge on any atom is -0.472 e. The van der Waals surface area contributed by atoms with Crippen molar-refractivity contribution in [2.75, 3.05) is 6.61 Å². The molecule has 3 aromatic rings. The first-order chi connectivity index (χ1) is 12.2. The van der Waals surface area contributed by atoms with Crippen molar-refractivity contribution in [3.63, 3.8) is 0 Å². The first kappa shape index (κ1) is 16.5. The summed E-state index contributed by atoms with van der Waals surface area (Å²) >= 11 is 0. The van der Waals surface area contributed by atoms with E-state index in [0.29, 0.717) is 17.0 Å². The predicted octanol–water partition coefficient (Wildman–Crippen LogP) is 2.42. The van der Waals surface area contributed by atoms with Crippen LogP contribution in [0.3, 0.4) is 0 Å². The van der Waals surface area contributed by atoms with Gasteiger partial charge in [-0.2, -0.15) is 0 Å². The number of pyridine rings is 1. The van der Waals surface area contributed by atoms with Gasteiger partial charge in [0, 0.05) is 6.07 Å². The van der Waals surface area contributed by atoms with Gasteiger partial charge in [-0.3, -0.25) is 4.98 Å². The Morgan fingerprint density at radius 1 is 1.24 bits per heavy atom. The van der Waals surface area contributed by atoms with Crippen LogP contribution in [0.5, 0.6) is 5.88 Å². The van der Waals surface area contributed by atoms with E-state index in [1.807, 2.05) is 0 Å². The number of hydrogen-bond acceptors (Lipinski definition) is 8. The molecule has 0 spiro atoms. The van der Waals surface area contributed by atoms with Crippen molar-refractivity contribution in [3.05, 3.63) is 53.8 Å². The van der Waals surface area contributed by atoms with Gasteiger partial charge in [0.2, 0.25) is 5.88 Å². The lowest BCUT2D eigenvalue weighted by Crippen LogP contribution is -2.08. The van der Waals surface area contributed by atoms with Gasteiger partial charge in [0.25, 0.3) is 0 Å². The summed E-state index contributed by atoms with van der Waals surface area (Å²) in [4.78, 5) is 15.5.